The molecule has 8 rings (SSSR count). The zero-order valence-electron chi connectivity index (χ0n) is 35.0. The van der Waals surface area contributed by atoms with Crippen LogP contribution in [0.15, 0.2) is 60.7 Å². The van der Waals surface area contributed by atoms with Crippen molar-refractivity contribution in [2.75, 3.05) is 43.0 Å². The Morgan fingerprint density at radius 2 is 1.51 bits per heavy atom. The first kappa shape index (κ1) is 41.8. The maximum absolute atomic E-state index is 13.8. The molecule has 1 saturated carbocycles. The number of carbonyl (C=O) groups excluding carboxylic acids is 6. The molecular weight excluding hydrogens is 798 g/mol. The summed E-state index contributed by atoms with van der Waals surface area (Å²) in [4.78, 5) is 85.2. The van der Waals surface area contributed by atoms with Gasteiger partial charge in [0.2, 0.25) is 17.7 Å². The van der Waals surface area contributed by atoms with Crippen molar-refractivity contribution in [1.29, 1.82) is 5.26 Å². The Balaban J connectivity index is 0.817. The smallest absolute Gasteiger partial charge is 0.262 e. The highest BCUT2D eigenvalue weighted by Crippen LogP contribution is 2.55. The number of anilines is 2. The minimum absolute atomic E-state index is 0.0558. The molecular formula is C46H50ClN7O7. The summed E-state index contributed by atoms with van der Waals surface area (Å²) in [7, 11) is 1.88. The van der Waals surface area contributed by atoms with Gasteiger partial charge in [0.05, 0.1) is 27.6 Å². The summed E-state index contributed by atoms with van der Waals surface area (Å²) >= 11 is 6.25. The fraction of sp³-hybridized carbons (Fsp3) is 0.457. The first-order valence-electron chi connectivity index (χ1n) is 20.9. The Hall–Kier alpha value is -5.94. The Bertz CT molecular complexity index is 2350. The van der Waals surface area contributed by atoms with Crippen molar-refractivity contribution in [3.05, 3.63) is 87.9 Å². The van der Waals surface area contributed by atoms with E-state index in [1.54, 1.807) is 36.4 Å². The first-order chi connectivity index (χ1) is 29.0. The number of nitriles is 1. The molecule has 0 radical (unpaired) electrons. The van der Waals surface area contributed by atoms with Crippen molar-refractivity contribution in [3.8, 4) is 11.8 Å². The number of piperidine rings is 2. The van der Waals surface area contributed by atoms with E-state index in [1.807, 2.05) is 36.2 Å². The molecule has 5 aliphatic rings. The first-order valence-corrected chi connectivity index (χ1v) is 21.3. The summed E-state index contributed by atoms with van der Waals surface area (Å²) in [5, 5.41) is 15.0. The van der Waals surface area contributed by atoms with Crippen molar-refractivity contribution in [2.24, 2.45) is 16.7 Å². The molecule has 61 heavy (non-hydrogen) atoms. The summed E-state index contributed by atoms with van der Waals surface area (Å²) in [6.45, 7) is 10.9. The van der Waals surface area contributed by atoms with Gasteiger partial charge < -0.3 is 24.8 Å². The van der Waals surface area contributed by atoms with Crippen LogP contribution in [0.25, 0.3) is 0 Å². The van der Waals surface area contributed by atoms with Crippen LogP contribution < -0.4 is 25.2 Å². The monoisotopic (exact) mass is 847 g/mol. The second kappa shape index (κ2) is 15.8. The molecule has 0 bridgehead atoms. The predicted molar refractivity (Wildman–Crippen MR) is 227 cm³/mol. The fourth-order valence-electron chi connectivity index (χ4n) is 10.5. The molecule has 0 aromatic heterocycles. The lowest BCUT2D eigenvalue weighted by molar-refractivity contribution is -0.164. The highest BCUT2D eigenvalue weighted by molar-refractivity contribution is 6.31. The number of amides is 6. The van der Waals surface area contributed by atoms with Gasteiger partial charge in [0, 0.05) is 85.6 Å². The second-order valence-corrected chi connectivity index (χ2v) is 18.5. The number of ether oxygens (including phenoxy) is 1. The lowest BCUT2D eigenvalue weighted by Crippen LogP contribution is -2.74. The van der Waals surface area contributed by atoms with Crippen LogP contribution >= 0.6 is 11.6 Å². The molecule has 1 unspecified atom stereocenters. The normalized spacial score (nSPS) is 24.4. The van der Waals surface area contributed by atoms with Crippen LogP contribution in [0, 0.1) is 28.1 Å². The second-order valence-electron chi connectivity index (χ2n) is 18.1. The van der Waals surface area contributed by atoms with E-state index in [-0.39, 0.29) is 70.7 Å². The zero-order valence-corrected chi connectivity index (χ0v) is 35.8. The number of imide groups is 2. The number of carbonyl (C=O) groups is 6. The van der Waals surface area contributed by atoms with Gasteiger partial charge in [0.15, 0.2) is 0 Å². The molecule has 2 N–H and O–H groups in total. The van der Waals surface area contributed by atoms with Gasteiger partial charge in [-0.2, -0.15) is 5.26 Å². The van der Waals surface area contributed by atoms with Crippen LogP contribution in [0.3, 0.4) is 0 Å². The Morgan fingerprint density at radius 1 is 0.852 bits per heavy atom. The molecule has 4 heterocycles. The molecule has 4 fully saturated rings. The van der Waals surface area contributed by atoms with E-state index in [1.165, 1.54) is 0 Å². The number of hydrogen-bond acceptors (Lipinski definition) is 10. The lowest BCUT2D eigenvalue weighted by atomic mass is 9.49. The van der Waals surface area contributed by atoms with Gasteiger partial charge in [-0.05, 0) is 80.3 Å². The number of benzene rings is 3. The van der Waals surface area contributed by atoms with Crippen LogP contribution in [-0.4, -0.2) is 103 Å². The molecule has 6 amide bonds. The van der Waals surface area contributed by atoms with Crippen LogP contribution in [-0.2, 0) is 14.4 Å². The largest absolute Gasteiger partial charge is 0.489 e. The molecule has 1 aliphatic carbocycles. The Kier molecular flexibility index (Phi) is 10.8. The standard InChI is InChI=1S/C46H50ClN7O7/c1-45(2)43(46(3,4)44(45)61-32-12-8-27(24-48)35(47)23-32)50-38(56)26-6-9-30(10-7-26)52-20-17-29(18-21-52)51(5)40(58)28-16-19-53(25-28)31-11-13-33-34(22-31)42(60)54(41(33)59)36-14-15-37(55)49-39(36)57/h6-13,22-23,28-29,36,43-44H,14-21,25H2,1-5H3,(H,50,56)(H,49,55,57)/t28-,36?,43-,44-/m1/s1. The fourth-order valence-corrected chi connectivity index (χ4v) is 10.7. The van der Waals surface area contributed by atoms with E-state index < -0.39 is 29.7 Å². The highest BCUT2D eigenvalue weighted by Gasteiger charge is 2.64. The quantitative estimate of drug-likeness (QED) is 0.274. The maximum atomic E-state index is 13.8. The Labute approximate surface area is 360 Å². The van der Waals surface area contributed by atoms with E-state index in [4.69, 9.17) is 16.3 Å². The number of nitrogens with zero attached hydrogens (tertiary/aromatic N) is 5. The average Bonchev–Trinajstić information content (AvgIpc) is 3.84. The summed E-state index contributed by atoms with van der Waals surface area (Å²) in [5.74, 6) is -1.88. The Morgan fingerprint density at radius 3 is 2.16 bits per heavy atom. The van der Waals surface area contributed by atoms with E-state index in [9.17, 15) is 34.0 Å². The van der Waals surface area contributed by atoms with Crippen molar-refractivity contribution < 1.29 is 33.5 Å². The van der Waals surface area contributed by atoms with Crippen LogP contribution in [0.5, 0.6) is 5.75 Å². The molecule has 318 valence electrons. The third kappa shape index (κ3) is 7.47. The van der Waals surface area contributed by atoms with Crippen molar-refractivity contribution >= 4 is 58.4 Å². The lowest BCUT2D eigenvalue weighted by Gasteiger charge is -2.63. The molecule has 2 atom stereocenters. The topological polar surface area (TPSA) is 172 Å². The molecule has 4 aliphatic heterocycles. The maximum Gasteiger partial charge on any atom is 0.262 e. The van der Waals surface area contributed by atoms with Crippen LogP contribution in [0.4, 0.5) is 11.4 Å². The number of rotatable bonds is 9. The molecule has 3 aromatic carbocycles. The molecule has 3 saturated heterocycles. The molecule has 3 aromatic rings. The zero-order chi connectivity index (χ0) is 43.5. The van der Waals surface area contributed by atoms with Crippen LogP contribution in [0.2, 0.25) is 5.02 Å². The van der Waals surface area contributed by atoms with Gasteiger partial charge in [-0.3, -0.25) is 39.0 Å². The van der Waals surface area contributed by atoms with Gasteiger partial charge in [-0.1, -0.05) is 39.3 Å². The number of fused-ring (bicyclic) bond motifs is 1. The van der Waals surface area contributed by atoms with Crippen molar-refractivity contribution in [2.45, 2.75) is 84.0 Å². The molecule has 0 spiro atoms. The number of nitrogens with one attached hydrogen (secondary N) is 2. The van der Waals surface area contributed by atoms with E-state index in [0.29, 0.717) is 41.4 Å². The minimum Gasteiger partial charge on any atom is -0.489 e. The van der Waals surface area contributed by atoms with E-state index >= 15 is 0 Å². The molecule has 14 nitrogen and oxygen atoms in total. The van der Waals surface area contributed by atoms with Gasteiger partial charge in [-0.25, -0.2) is 0 Å². The summed E-state index contributed by atoms with van der Waals surface area (Å²) in [6.07, 6.45) is 2.20. The minimum atomic E-state index is -1.03. The van der Waals surface area contributed by atoms with Gasteiger partial charge in [-0.15, -0.1) is 0 Å². The number of hydrogen-bond donors (Lipinski definition) is 2. The highest BCUT2D eigenvalue weighted by atomic mass is 35.5. The third-order valence-electron chi connectivity index (χ3n) is 13.6. The summed E-state index contributed by atoms with van der Waals surface area (Å²) in [6, 6.07) is 18.7. The van der Waals surface area contributed by atoms with E-state index in [0.717, 1.165) is 42.2 Å². The average molecular weight is 848 g/mol. The van der Waals surface area contributed by atoms with Gasteiger partial charge >= 0.3 is 0 Å². The van der Waals surface area contributed by atoms with Gasteiger partial charge in [0.25, 0.3) is 17.7 Å². The van der Waals surface area contributed by atoms with Crippen LogP contribution in [0.1, 0.15) is 96.4 Å². The SMILES string of the molecule is CN(C(=O)[C@@H]1CCN(c2ccc3c(c2)C(=O)N(C2CCC(=O)NC2=O)C3=O)C1)C1CCN(c2ccc(C(=O)N[C@H]3C(C)(C)[C@H](Oc4ccc(C#N)c(Cl)c4)C3(C)C)cc2)CC1. The summed E-state index contributed by atoms with van der Waals surface area (Å²) in [5.41, 5.74) is 2.39. The summed E-state index contributed by atoms with van der Waals surface area (Å²) < 4.78 is 6.37. The third-order valence-corrected chi connectivity index (χ3v) is 13.9. The molecule has 15 heteroatoms. The van der Waals surface area contributed by atoms with Crippen molar-refractivity contribution in [3.63, 3.8) is 0 Å². The van der Waals surface area contributed by atoms with E-state index in [2.05, 4.69) is 54.2 Å². The van der Waals surface area contributed by atoms with Gasteiger partial charge in [0.1, 0.15) is 24.0 Å². The number of halogens is 1. The predicted octanol–water partition coefficient (Wildman–Crippen LogP) is 5.18. The van der Waals surface area contributed by atoms with Crippen molar-refractivity contribution in [1.82, 2.24) is 20.4 Å².